The lowest BCUT2D eigenvalue weighted by Gasteiger charge is -2.32. The summed E-state index contributed by atoms with van der Waals surface area (Å²) in [5.74, 6) is -0.111. The largest absolute Gasteiger partial charge is 0.273 e. The van der Waals surface area contributed by atoms with Crippen LogP contribution < -0.4 is 0 Å². The summed E-state index contributed by atoms with van der Waals surface area (Å²) in [7, 11) is 0. The van der Waals surface area contributed by atoms with E-state index in [2.05, 4.69) is 38.1 Å². The molecule has 0 spiro atoms. The van der Waals surface area contributed by atoms with E-state index in [1.807, 2.05) is 23.2 Å². The summed E-state index contributed by atoms with van der Waals surface area (Å²) in [5, 5.41) is 5.59. The van der Waals surface area contributed by atoms with E-state index in [0.29, 0.717) is 13.0 Å². The summed E-state index contributed by atoms with van der Waals surface area (Å²) in [6.07, 6.45) is 3.51. The molecule has 0 radical (unpaired) electrons. The van der Waals surface area contributed by atoms with Crippen molar-refractivity contribution in [3.05, 3.63) is 60.2 Å². The van der Waals surface area contributed by atoms with Crippen molar-refractivity contribution in [1.82, 2.24) is 10.0 Å². The summed E-state index contributed by atoms with van der Waals surface area (Å²) < 4.78 is 0. The maximum Gasteiger partial charge on any atom is 0.267 e. The lowest BCUT2D eigenvalue weighted by molar-refractivity contribution is -0.155. The second kappa shape index (κ2) is 7.19. The van der Waals surface area contributed by atoms with Crippen molar-refractivity contribution in [3.63, 3.8) is 0 Å². The summed E-state index contributed by atoms with van der Waals surface area (Å²) >= 11 is 0. The van der Waals surface area contributed by atoms with Crippen LogP contribution in [0.1, 0.15) is 32.8 Å². The van der Waals surface area contributed by atoms with Crippen molar-refractivity contribution in [2.75, 3.05) is 0 Å². The topological polar surface area (TPSA) is 40.6 Å². The van der Waals surface area contributed by atoms with Crippen LogP contribution >= 0.6 is 0 Å². The third kappa shape index (κ3) is 3.35. The van der Waals surface area contributed by atoms with Crippen LogP contribution in [0.5, 0.6) is 0 Å². The van der Waals surface area contributed by atoms with Crippen LogP contribution in [-0.4, -0.2) is 27.9 Å². The van der Waals surface area contributed by atoms with Gasteiger partial charge in [-0.3, -0.25) is 9.59 Å². The number of carbonyl (C=O) groups excluding carboxylic acids is 2. The SMILES string of the molecule is C/C=C/C(=O)N1C(=O)C[C@H](C(C)C)N1Cc1cccc2ccccc12. The average molecular weight is 336 g/mol. The van der Waals surface area contributed by atoms with Crippen molar-refractivity contribution >= 4 is 22.6 Å². The van der Waals surface area contributed by atoms with Gasteiger partial charge in [0.25, 0.3) is 5.91 Å². The Morgan fingerprint density at radius 1 is 1.20 bits per heavy atom. The molecule has 25 heavy (non-hydrogen) atoms. The van der Waals surface area contributed by atoms with Gasteiger partial charge in [-0.2, -0.15) is 0 Å². The number of hydrogen-bond acceptors (Lipinski definition) is 3. The van der Waals surface area contributed by atoms with Crippen molar-refractivity contribution in [2.24, 2.45) is 5.92 Å². The van der Waals surface area contributed by atoms with E-state index in [1.54, 1.807) is 13.0 Å². The van der Waals surface area contributed by atoms with Gasteiger partial charge >= 0.3 is 0 Å². The highest BCUT2D eigenvalue weighted by Crippen LogP contribution is 2.30. The lowest BCUT2D eigenvalue weighted by atomic mass is 10.00. The Bertz CT molecular complexity index is 820. The van der Waals surface area contributed by atoms with Crippen LogP contribution in [0, 0.1) is 5.92 Å². The number of hydrogen-bond donors (Lipinski definition) is 0. The molecule has 130 valence electrons. The fraction of sp³-hybridized carbons (Fsp3) is 0.333. The molecular formula is C21H24N2O2. The Morgan fingerprint density at radius 2 is 1.92 bits per heavy atom. The molecule has 0 unspecified atom stereocenters. The predicted octanol–water partition coefficient (Wildman–Crippen LogP) is 3.92. The smallest absolute Gasteiger partial charge is 0.267 e. The first-order valence-corrected chi connectivity index (χ1v) is 8.75. The molecule has 4 heteroatoms. The van der Waals surface area contributed by atoms with Crippen LogP contribution in [0.3, 0.4) is 0 Å². The van der Waals surface area contributed by atoms with Crippen molar-refractivity contribution in [2.45, 2.75) is 39.8 Å². The zero-order chi connectivity index (χ0) is 18.0. The minimum atomic E-state index is -0.268. The number of benzene rings is 2. The number of fused-ring (bicyclic) bond motifs is 1. The van der Waals surface area contributed by atoms with Crippen molar-refractivity contribution in [1.29, 1.82) is 0 Å². The number of nitrogens with zero attached hydrogens (tertiary/aromatic N) is 2. The zero-order valence-electron chi connectivity index (χ0n) is 15.0. The molecular weight excluding hydrogens is 312 g/mol. The number of carbonyl (C=O) groups is 2. The maximum absolute atomic E-state index is 12.5. The van der Waals surface area contributed by atoms with Gasteiger partial charge in [-0.15, -0.1) is 0 Å². The summed E-state index contributed by atoms with van der Waals surface area (Å²) in [5.41, 5.74) is 1.12. The number of amides is 2. The van der Waals surface area contributed by atoms with Crippen LogP contribution in [0.2, 0.25) is 0 Å². The predicted molar refractivity (Wildman–Crippen MR) is 99.4 cm³/mol. The van der Waals surface area contributed by atoms with Gasteiger partial charge in [-0.25, -0.2) is 10.0 Å². The highest BCUT2D eigenvalue weighted by molar-refractivity contribution is 6.01. The number of rotatable bonds is 4. The molecule has 1 aliphatic heterocycles. The molecule has 2 aromatic rings. The first-order chi connectivity index (χ1) is 12.0. The summed E-state index contributed by atoms with van der Waals surface area (Å²) in [6, 6.07) is 14.4. The Balaban J connectivity index is 2.00. The number of imide groups is 1. The lowest BCUT2D eigenvalue weighted by Crippen LogP contribution is -2.46. The fourth-order valence-corrected chi connectivity index (χ4v) is 3.50. The van der Waals surface area contributed by atoms with Crippen LogP contribution in [-0.2, 0) is 16.1 Å². The number of hydrazine groups is 1. The Hall–Kier alpha value is -2.46. The standard InChI is InChI=1S/C21H24N2O2/c1-4-8-20(24)23-21(25)13-19(15(2)3)22(23)14-17-11-7-10-16-9-5-6-12-18(16)17/h4-12,15,19H,13-14H2,1-3H3/b8-4+/t19-/m1/s1. The molecule has 0 saturated carbocycles. The highest BCUT2D eigenvalue weighted by atomic mass is 16.2. The molecule has 1 atom stereocenters. The first kappa shape index (κ1) is 17.4. The normalized spacial score (nSPS) is 18.8. The van der Waals surface area contributed by atoms with E-state index < -0.39 is 0 Å². The van der Waals surface area contributed by atoms with Crippen molar-refractivity contribution in [3.8, 4) is 0 Å². The minimum absolute atomic E-state index is 0.0284. The van der Waals surface area contributed by atoms with E-state index in [1.165, 1.54) is 11.1 Å². The van der Waals surface area contributed by atoms with Crippen LogP contribution in [0.25, 0.3) is 10.8 Å². The molecule has 0 N–H and O–H groups in total. The second-order valence-corrected chi connectivity index (χ2v) is 6.80. The van der Waals surface area contributed by atoms with Gasteiger partial charge in [0.15, 0.2) is 0 Å². The highest BCUT2D eigenvalue weighted by Gasteiger charge is 2.42. The van der Waals surface area contributed by atoms with E-state index in [4.69, 9.17) is 0 Å². The molecule has 1 saturated heterocycles. The van der Waals surface area contributed by atoms with Gasteiger partial charge in [0.1, 0.15) is 0 Å². The summed E-state index contributed by atoms with van der Waals surface area (Å²) in [4.78, 5) is 25.0. The van der Waals surface area contributed by atoms with E-state index >= 15 is 0 Å². The van der Waals surface area contributed by atoms with Gasteiger partial charge in [0.2, 0.25) is 5.91 Å². The average Bonchev–Trinajstić information content (AvgIpc) is 2.92. The molecule has 1 heterocycles. The van der Waals surface area contributed by atoms with Crippen molar-refractivity contribution < 1.29 is 9.59 Å². The van der Waals surface area contributed by atoms with Crippen LogP contribution in [0.4, 0.5) is 0 Å². The second-order valence-electron chi connectivity index (χ2n) is 6.80. The Morgan fingerprint density at radius 3 is 2.64 bits per heavy atom. The van der Waals surface area contributed by atoms with Gasteiger partial charge in [0.05, 0.1) is 0 Å². The van der Waals surface area contributed by atoms with E-state index in [9.17, 15) is 9.59 Å². The molecule has 4 nitrogen and oxygen atoms in total. The van der Waals surface area contributed by atoms with Gasteiger partial charge < -0.3 is 0 Å². The van der Waals surface area contributed by atoms with Gasteiger partial charge in [-0.1, -0.05) is 62.4 Å². The molecule has 3 rings (SSSR count). The molecule has 0 aliphatic carbocycles. The first-order valence-electron chi connectivity index (χ1n) is 8.75. The molecule has 0 aromatic heterocycles. The third-order valence-electron chi connectivity index (χ3n) is 4.76. The third-order valence-corrected chi connectivity index (χ3v) is 4.76. The van der Waals surface area contributed by atoms with Gasteiger partial charge in [0, 0.05) is 25.1 Å². The molecule has 1 fully saturated rings. The van der Waals surface area contributed by atoms with Crippen LogP contribution in [0.15, 0.2) is 54.6 Å². The fourth-order valence-electron chi connectivity index (χ4n) is 3.50. The van der Waals surface area contributed by atoms with E-state index in [-0.39, 0.29) is 23.8 Å². The molecule has 2 amide bonds. The van der Waals surface area contributed by atoms with Gasteiger partial charge in [-0.05, 0) is 29.2 Å². The Kier molecular flexibility index (Phi) is 5.00. The minimum Gasteiger partial charge on any atom is -0.273 e. The quantitative estimate of drug-likeness (QED) is 0.795. The number of allylic oxidation sites excluding steroid dienone is 1. The monoisotopic (exact) mass is 336 g/mol. The maximum atomic E-state index is 12.5. The molecule has 0 bridgehead atoms. The molecule has 1 aliphatic rings. The van der Waals surface area contributed by atoms with E-state index in [0.717, 1.165) is 16.3 Å². The molecule has 2 aromatic carbocycles. The zero-order valence-corrected chi connectivity index (χ0v) is 15.0. The summed E-state index contributed by atoms with van der Waals surface area (Å²) in [6.45, 7) is 6.52. The Labute approximate surface area is 148 Å².